The average Bonchev–Trinajstić information content (AvgIpc) is 1.97. The fourth-order valence-corrected chi connectivity index (χ4v) is 1.57. The zero-order chi connectivity index (χ0) is 11.1. The van der Waals surface area contributed by atoms with Gasteiger partial charge in [-0.25, -0.2) is 0 Å². The molecule has 0 aromatic heterocycles. The molecule has 0 radical (unpaired) electrons. The number of hydrogen-bond acceptors (Lipinski definition) is 2. The summed E-state index contributed by atoms with van der Waals surface area (Å²) in [5, 5.41) is 7.20. The summed E-state index contributed by atoms with van der Waals surface area (Å²) in [4.78, 5) is 2.40. The Morgan fingerprint density at radius 1 is 1.14 bits per heavy atom. The van der Waals surface area contributed by atoms with Gasteiger partial charge < -0.3 is 10.6 Å². The Balaban J connectivity index is 3.90. The Bertz CT molecular complexity index is 154. The molecule has 0 unspecified atom stereocenters. The molecule has 0 fully saturated rings. The van der Waals surface area contributed by atoms with Crippen LogP contribution < -0.4 is 5.73 Å². The minimum absolute atomic E-state index is 0.294. The van der Waals surface area contributed by atoms with Crippen LogP contribution in [0.1, 0.15) is 34.1 Å². The van der Waals surface area contributed by atoms with Gasteiger partial charge in [-0.3, -0.25) is 5.41 Å². The first kappa shape index (κ1) is 13.4. The lowest BCUT2D eigenvalue weighted by molar-refractivity contribution is 0.225. The van der Waals surface area contributed by atoms with Crippen molar-refractivity contribution in [3.63, 3.8) is 0 Å². The van der Waals surface area contributed by atoms with E-state index >= 15 is 0 Å². The molecule has 0 saturated heterocycles. The van der Waals surface area contributed by atoms with E-state index in [1.165, 1.54) is 0 Å². The van der Waals surface area contributed by atoms with Crippen LogP contribution in [-0.2, 0) is 0 Å². The zero-order valence-corrected chi connectivity index (χ0v) is 10.0. The first-order chi connectivity index (χ1) is 6.41. The highest BCUT2D eigenvalue weighted by atomic mass is 15.1. The molecule has 3 nitrogen and oxygen atoms in total. The maximum atomic E-state index is 7.20. The predicted molar refractivity (Wildman–Crippen MR) is 62.6 cm³/mol. The third kappa shape index (κ3) is 8.05. The molecule has 0 aromatic carbocycles. The predicted octanol–water partition coefficient (Wildman–Crippen LogP) is 1.93. The third-order valence-corrected chi connectivity index (χ3v) is 1.94. The molecule has 3 N–H and O–H groups in total. The van der Waals surface area contributed by atoms with Crippen LogP contribution in [0, 0.1) is 17.2 Å². The van der Waals surface area contributed by atoms with Crippen molar-refractivity contribution in [2.24, 2.45) is 17.6 Å². The van der Waals surface area contributed by atoms with Gasteiger partial charge >= 0.3 is 0 Å². The molecule has 0 aliphatic heterocycles. The summed E-state index contributed by atoms with van der Waals surface area (Å²) in [7, 11) is 0. The number of amidine groups is 1. The maximum absolute atomic E-state index is 7.20. The van der Waals surface area contributed by atoms with Crippen LogP contribution in [0.5, 0.6) is 0 Å². The van der Waals surface area contributed by atoms with Crippen molar-refractivity contribution in [1.29, 1.82) is 5.41 Å². The van der Waals surface area contributed by atoms with Gasteiger partial charge in [0, 0.05) is 26.1 Å². The van der Waals surface area contributed by atoms with E-state index < -0.39 is 0 Å². The quantitative estimate of drug-likeness (QED) is 0.486. The minimum atomic E-state index is 0.294. The van der Waals surface area contributed by atoms with Gasteiger partial charge in [-0.2, -0.15) is 0 Å². The van der Waals surface area contributed by atoms with E-state index in [4.69, 9.17) is 11.1 Å². The summed E-state index contributed by atoms with van der Waals surface area (Å²) in [5.74, 6) is 1.66. The lowest BCUT2D eigenvalue weighted by Crippen LogP contribution is -2.34. The molecule has 0 amide bonds. The highest BCUT2D eigenvalue weighted by Gasteiger charge is 2.09. The van der Waals surface area contributed by atoms with E-state index in [-0.39, 0.29) is 0 Å². The molecule has 0 spiro atoms. The monoisotopic (exact) mass is 199 g/mol. The lowest BCUT2D eigenvalue weighted by Gasteiger charge is -2.25. The molecular formula is C11H25N3. The van der Waals surface area contributed by atoms with E-state index in [1.807, 2.05) is 0 Å². The summed E-state index contributed by atoms with van der Waals surface area (Å²) < 4.78 is 0. The molecule has 0 bridgehead atoms. The summed E-state index contributed by atoms with van der Waals surface area (Å²) in [6.45, 7) is 12.0. The lowest BCUT2D eigenvalue weighted by atomic mass is 10.1. The Kier molecular flexibility index (Phi) is 6.54. The van der Waals surface area contributed by atoms with E-state index in [0.717, 1.165) is 19.6 Å². The highest BCUT2D eigenvalue weighted by molar-refractivity contribution is 5.76. The molecule has 0 saturated carbocycles. The molecule has 14 heavy (non-hydrogen) atoms. The molecule has 0 aliphatic carbocycles. The average molecular weight is 199 g/mol. The van der Waals surface area contributed by atoms with Gasteiger partial charge in [0.25, 0.3) is 0 Å². The van der Waals surface area contributed by atoms with Crippen LogP contribution in [0.2, 0.25) is 0 Å². The summed E-state index contributed by atoms with van der Waals surface area (Å²) in [5.41, 5.74) is 5.36. The topological polar surface area (TPSA) is 53.1 Å². The van der Waals surface area contributed by atoms with Crippen LogP contribution in [0.4, 0.5) is 0 Å². The zero-order valence-electron chi connectivity index (χ0n) is 10.0. The smallest absolute Gasteiger partial charge is 0.0918 e. The second-order valence-corrected chi connectivity index (χ2v) is 4.82. The first-order valence-electron chi connectivity index (χ1n) is 5.47. The van der Waals surface area contributed by atoms with Crippen molar-refractivity contribution >= 4 is 5.84 Å². The second-order valence-electron chi connectivity index (χ2n) is 4.82. The number of rotatable bonds is 7. The molecule has 0 aliphatic rings. The molecule has 84 valence electrons. The summed E-state index contributed by atoms with van der Waals surface area (Å²) in [6, 6.07) is 0. The Morgan fingerprint density at radius 3 is 1.86 bits per heavy atom. The van der Waals surface area contributed by atoms with Gasteiger partial charge in [0.2, 0.25) is 0 Å². The van der Waals surface area contributed by atoms with E-state index in [0.29, 0.717) is 24.1 Å². The SMILES string of the molecule is CC(C)CN(CCC(=N)N)CC(C)C. The first-order valence-corrected chi connectivity index (χ1v) is 5.47. The molecule has 0 rings (SSSR count). The van der Waals surface area contributed by atoms with Gasteiger partial charge in [-0.15, -0.1) is 0 Å². The summed E-state index contributed by atoms with van der Waals surface area (Å²) >= 11 is 0. The van der Waals surface area contributed by atoms with Crippen LogP contribution in [-0.4, -0.2) is 30.4 Å². The molecule has 3 heteroatoms. The van der Waals surface area contributed by atoms with E-state index in [9.17, 15) is 0 Å². The van der Waals surface area contributed by atoms with Gasteiger partial charge in [0.15, 0.2) is 0 Å². The van der Waals surface area contributed by atoms with Gasteiger partial charge in [0.05, 0.1) is 5.84 Å². The van der Waals surface area contributed by atoms with Gasteiger partial charge in [0.1, 0.15) is 0 Å². The molecule has 0 heterocycles. The molecule has 0 aromatic rings. The fourth-order valence-electron chi connectivity index (χ4n) is 1.57. The van der Waals surface area contributed by atoms with Crippen molar-refractivity contribution in [1.82, 2.24) is 4.90 Å². The van der Waals surface area contributed by atoms with Crippen molar-refractivity contribution in [2.75, 3.05) is 19.6 Å². The van der Waals surface area contributed by atoms with Gasteiger partial charge in [-0.1, -0.05) is 27.7 Å². The standard InChI is InChI=1S/C11H25N3/c1-9(2)7-14(8-10(3)4)6-5-11(12)13/h9-10H,5-8H2,1-4H3,(H3,12,13). The minimum Gasteiger partial charge on any atom is -0.388 e. The highest BCUT2D eigenvalue weighted by Crippen LogP contribution is 2.04. The van der Waals surface area contributed by atoms with Crippen LogP contribution in [0.25, 0.3) is 0 Å². The van der Waals surface area contributed by atoms with Crippen molar-refractivity contribution in [3.8, 4) is 0 Å². The third-order valence-electron chi connectivity index (χ3n) is 1.94. The van der Waals surface area contributed by atoms with Crippen molar-refractivity contribution < 1.29 is 0 Å². The van der Waals surface area contributed by atoms with Crippen molar-refractivity contribution in [3.05, 3.63) is 0 Å². The van der Waals surface area contributed by atoms with E-state index in [1.54, 1.807) is 0 Å². The number of nitrogens with zero attached hydrogens (tertiary/aromatic N) is 1. The normalized spacial score (nSPS) is 11.6. The summed E-state index contributed by atoms with van der Waals surface area (Å²) in [6.07, 6.45) is 0.694. The number of nitrogens with one attached hydrogen (secondary N) is 1. The fraction of sp³-hybridized carbons (Fsp3) is 0.909. The van der Waals surface area contributed by atoms with E-state index in [2.05, 4.69) is 32.6 Å². The second kappa shape index (κ2) is 6.82. The van der Waals surface area contributed by atoms with Crippen LogP contribution in [0.15, 0.2) is 0 Å². The Morgan fingerprint density at radius 2 is 1.57 bits per heavy atom. The largest absolute Gasteiger partial charge is 0.388 e. The van der Waals surface area contributed by atoms with Crippen molar-refractivity contribution in [2.45, 2.75) is 34.1 Å². The van der Waals surface area contributed by atoms with Gasteiger partial charge in [-0.05, 0) is 11.8 Å². The molecular weight excluding hydrogens is 174 g/mol. The maximum Gasteiger partial charge on any atom is 0.0918 e. The molecule has 0 atom stereocenters. The Labute approximate surface area is 88.2 Å². The van der Waals surface area contributed by atoms with Crippen LogP contribution in [0.3, 0.4) is 0 Å². The van der Waals surface area contributed by atoms with Crippen LogP contribution >= 0.6 is 0 Å². The number of hydrogen-bond donors (Lipinski definition) is 2. The number of nitrogens with two attached hydrogens (primary N) is 1. The Hall–Kier alpha value is -0.570.